The Morgan fingerprint density at radius 1 is 1.05 bits per heavy atom. The van der Waals surface area contributed by atoms with Crippen LogP contribution in [-0.4, -0.2) is 50.3 Å². The molecule has 1 aromatic rings. The molecule has 0 radical (unpaired) electrons. The summed E-state index contributed by atoms with van der Waals surface area (Å²) in [5.41, 5.74) is 1.11. The zero-order valence-electron chi connectivity index (χ0n) is 11.5. The molecule has 0 N–H and O–H groups in total. The summed E-state index contributed by atoms with van der Waals surface area (Å²) in [4.78, 5) is 14.0. The summed E-state index contributed by atoms with van der Waals surface area (Å²) in [5, 5.41) is 0. The van der Waals surface area contributed by atoms with Gasteiger partial charge in [-0.2, -0.15) is 0 Å². The fourth-order valence-electron chi connectivity index (χ4n) is 2.47. The Labute approximate surface area is 118 Å². The Morgan fingerprint density at radius 3 is 2.60 bits per heavy atom. The van der Waals surface area contributed by atoms with E-state index in [1.54, 1.807) is 0 Å². The van der Waals surface area contributed by atoms with Gasteiger partial charge in [-0.25, -0.2) is 0 Å². The van der Waals surface area contributed by atoms with Crippen molar-refractivity contribution in [3.8, 4) is 11.5 Å². The first-order valence-electron chi connectivity index (χ1n) is 7.07. The average Bonchev–Trinajstić information content (AvgIpc) is 2.53. The van der Waals surface area contributed by atoms with E-state index in [1.807, 2.05) is 23.1 Å². The van der Waals surface area contributed by atoms with Crippen LogP contribution in [-0.2, 0) is 16.0 Å². The van der Waals surface area contributed by atoms with Gasteiger partial charge in [0.25, 0.3) is 0 Å². The fourth-order valence-corrected chi connectivity index (χ4v) is 2.47. The van der Waals surface area contributed by atoms with E-state index in [0.717, 1.165) is 23.5 Å². The molecule has 20 heavy (non-hydrogen) atoms. The van der Waals surface area contributed by atoms with Crippen LogP contribution in [0.1, 0.15) is 12.0 Å². The molecule has 5 nitrogen and oxygen atoms in total. The number of aryl methyl sites for hydroxylation is 1. The highest BCUT2D eigenvalue weighted by molar-refractivity contribution is 5.76. The van der Waals surface area contributed by atoms with Gasteiger partial charge in [-0.1, -0.05) is 6.07 Å². The second-order valence-electron chi connectivity index (χ2n) is 4.97. The van der Waals surface area contributed by atoms with E-state index in [-0.39, 0.29) is 5.91 Å². The standard InChI is InChI=1S/C15H19NO4/c17-15(16-5-7-18-8-6-16)4-2-12-1-3-13-14(11-12)20-10-9-19-13/h1,3,11H,2,4-10H2. The molecule has 108 valence electrons. The molecule has 1 fully saturated rings. The monoisotopic (exact) mass is 277 g/mol. The number of carbonyl (C=O) groups excluding carboxylic acids is 1. The lowest BCUT2D eigenvalue weighted by Gasteiger charge is -2.27. The molecule has 0 atom stereocenters. The topological polar surface area (TPSA) is 48.0 Å². The molecule has 2 aliphatic heterocycles. The third-order valence-corrected chi connectivity index (χ3v) is 3.60. The van der Waals surface area contributed by atoms with Crippen LogP contribution in [0.3, 0.4) is 0 Å². The smallest absolute Gasteiger partial charge is 0.223 e. The molecule has 0 aromatic heterocycles. The van der Waals surface area contributed by atoms with Crippen molar-refractivity contribution in [2.45, 2.75) is 12.8 Å². The predicted octanol–water partition coefficient (Wildman–Crippen LogP) is 1.25. The van der Waals surface area contributed by atoms with Gasteiger partial charge in [-0.15, -0.1) is 0 Å². The zero-order valence-corrected chi connectivity index (χ0v) is 11.5. The van der Waals surface area contributed by atoms with Crippen LogP contribution in [0.5, 0.6) is 11.5 Å². The number of carbonyl (C=O) groups is 1. The van der Waals surface area contributed by atoms with Crippen molar-refractivity contribution in [2.75, 3.05) is 39.5 Å². The van der Waals surface area contributed by atoms with Crippen molar-refractivity contribution in [3.05, 3.63) is 23.8 Å². The Balaban J connectivity index is 1.56. The lowest BCUT2D eigenvalue weighted by molar-refractivity contribution is -0.135. The van der Waals surface area contributed by atoms with Crippen molar-refractivity contribution in [2.24, 2.45) is 0 Å². The van der Waals surface area contributed by atoms with Crippen molar-refractivity contribution >= 4 is 5.91 Å². The number of hydrogen-bond acceptors (Lipinski definition) is 4. The van der Waals surface area contributed by atoms with E-state index in [2.05, 4.69) is 0 Å². The van der Waals surface area contributed by atoms with Gasteiger partial charge in [0, 0.05) is 19.5 Å². The summed E-state index contributed by atoms with van der Waals surface area (Å²) in [6, 6.07) is 5.89. The van der Waals surface area contributed by atoms with E-state index >= 15 is 0 Å². The second-order valence-corrected chi connectivity index (χ2v) is 4.97. The minimum Gasteiger partial charge on any atom is -0.486 e. The molecule has 0 spiro atoms. The van der Waals surface area contributed by atoms with E-state index in [4.69, 9.17) is 14.2 Å². The molecule has 1 aromatic carbocycles. The lowest BCUT2D eigenvalue weighted by atomic mass is 10.1. The van der Waals surface area contributed by atoms with Gasteiger partial charge in [0.05, 0.1) is 13.2 Å². The van der Waals surface area contributed by atoms with Crippen LogP contribution < -0.4 is 9.47 Å². The van der Waals surface area contributed by atoms with Crippen molar-refractivity contribution in [1.29, 1.82) is 0 Å². The Bertz CT molecular complexity index is 483. The molecule has 2 aliphatic rings. The maximum Gasteiger partial charge on any atom is 0.223 e. The first-order valence-corrected chi connectivity index (χ1v) is 7.07. The molecular formula is C15H19NO4. The van der Waals surface area contributed by atoms with E-state index in [1.165, 1.54) is 0 Å². The fraction of sp³-hybridized carbons (Fsp3) is 0.533. The van der Waals surface area contributed by atoms with Gasteiger partial charge in [0.15, 0.2) is 11.5 Å². The molecule has 1 amide bonds. The molecule has 1 saturated heterocycles. The van der Waals surface area contributed by atoms with Gasteiger partial charge in [-0.05, 0) is 24.1 Å². The maximum atomic E-state index is 12.1. The van der Waals surface area contributed by atoms with Gasteiger partial charge in [0.2, 0.25) is 5.91 Å². The number of ether oxygens (including phenoxy) is 3. The van der Waals surface area contributed by atoms with Crippen molar-refractivity contribution < 1.29 is 19.0 Å². The molecule has 2 heterocycles. The van der Waals surface area contributed by atoms with Crippen LogP contribution >= 0.6 is 0 Å². The lowest BCUT2D eigenvalue weighted by Crippen LogP contribution is -2.40. The third-order valence-electron chi connectivity index (χ3n) is 3.60. The summed E-state index contributed by atoms with van der Waals surface area (Å²) in [6.07, 6.45) is 1.26. The number of amides is 1. The van der Waals surface area contributed by atoms with Crippen LogP contribution in [0.4, 0.5) is 0 Å². The normalized spacial score (nSPS) is 17.9. The minimum atomic E-state index is 0.197. The molecule has 0 bridgehead atoms. The summed E-state index contributed by atoms with van der Waals surface area (Å²) in [5.74, 6) is 1.77. The summed E-state index contributed by atoms with van der Waals surface area (Å²) >= 11 is 0. The predicted molar refractivity (Wildman–Crippen MR) is 73.2 cm³/mol. The second kappa shape index (κ2) is 6.13. The van der Waals surface area contributed by atoms with Crippen LogP contribution in [0.15, 0.2) is 18.2 Å². The van der Waals surface area contributed by atoms with Crippen molar-refractivity contribution in [3.63, 3.8) is 0 Å². The van der Waals surface area contributed by atoms with Crippen LogP contribution in [0, 0.1) is 0 Å². The Hall–Kier alpha value is -1.75. The molecule has 0 saturated carbocycles. The SMILES string of the molecule is O=C(CCc1ccc2c(c1)OCCO2)N1CCOCC1. The first kappa shape index (κ1) is 13.2. The highest BCUT2D eigenvalue weighted by atomic mass is 16.6. The highest BCUT2D eigenvalue weighted by Crippen LogP contribution is 2.31. The van der Waals surface area contributed by atoms with Gasteiger partial charge >= 0.3 is 0 Å². The molecule has 0 aliphatic carbocycles. The first-order chi connectivity index (χ1) is 9.83. The van der Waals surface area contributed by atoms with Crippen LogP contribution in [0.25, 0.3) is 0 Å². The Kier molecular flexibility index (Phi) is 4.06. The molecule has 3 rings (SSSR count). The van der Waals surface area contributed by atoms with Crippen molar-refractivity contribution in [1.82, 2.24) is 4.90 Å². The summed E-state index contributed by atoms with van der Waals surface area (Å²) in [6.45, 7) is 3.90. The summed E-state index contributed by atoms with van der Waals surface area (Å²) in [7, 11) is 0. The minimum absolute atomic E-state index is 0.197. The van der Waals surface area contributed by atoms with E-state index in [9.17, 15) is 4.79 Å². The number of fused-ring (bicyclic) bond motifs is 1. The number of benzene rings is 1. The third kappa shape index (κ3) is 3.04. The zero-order chi connectivity index (χ0) is 13.8. The largest absolute Gasteiger partial charge is 0.486 e. The highest BCUT2D eigenvalue weighted by Gasteiger charge is 2.17. The number of rotatable bonds is 3. The maximum absolute atomic E-state index is 12.1. The average molecular weight is 277 g/mol. The van der Waals surface area contributed by atoms with Gasteiger partial charge in [-0.3, -0.25) is 4.79 Å². The molecule has 5 heteroatoms. The molecular weight excluding hydrogens is 258 g/mol. The van der Waals surface area contributed by atoms with Gasteiger partial charge < -0.3 is 19.1 Å². The number of nitrogens with zero attached hydrogens (tertiary/aromatic N) is 1. The number of morpholine rings is 1. The summed E-state index contributed by atoms with van der Waals surface area (Å²) < 4.78 is 16.3. The molecule has 0 unspecified atom stereocenters. The number of hydrogen-bond donors (Lipinski definition) is 0. The Morgan fingerprint density at radius 2 is 1.80 bits per heavy atom. The van der Waals surface area contributed by atoms with E-state index in [0.29, 0.717) is 45.9 Å². The van der Waals surface area contributed by atoms with Crippen LogP contribution in [0.2, 0.25) is 0 Å². The van der Waals surface area contributed by atoms with Gasteiger partial charge in [0.1, 0.15) is 13.2 Å². The quantitative estimate of drug-likeness (QED) is 0.834. The van der Waals surface area contributed by atoms with E-state index < -0.39 is 0 Å².